The number of nitrogens with zero attached hydrogens (tertiary/aromatic N) is 1. The molecule has 1 nitrogen and oxygen atoms in total. The molecule has 0 atom stereocenters. The normalized spacial score (nSPS) is 10.4. The van der Waals surface area contributed by atoms with Crippen LogP contribution < -0.4 is 0 Å². The molecule has 0 amide bonds. The van der Waals surface area contributed by atoms with Crippen LogP contribution in [-0.2, 0) is 6.54 Å². The summed E-state index contributed by atoms with van der Waals surface area (Å²) in [6, 6.07) is 18.6. The number of terminal acetylenes is 1. The van der Waals surface area contributed by atoms with E-state index in [0.717, 1.165) is 17.5 Å². The van der Waals surface area contributed by atoms with Crippen LogP contribution >= 0.6 is 0 Å². The van der Waals surface area contributed by atoms with Gasteiger partial charge in [-0.15, -0.1) is 6.42 Å². The second-order valence-electron chi connectivity index (χ2n) is 4.31. The fourth-order valence-electron chi connectivity index (χ4n) is 2.27. The molecular weight excluding hydrogens is 218 g/mol. The van der Waals surface area contributed by atoms with Gasteiger partial charge in [-0.25, -0.2) is 0 Å². The molecular formula is C17H13N. The molecule has 0 unspecified atom stereocenters. The summed E-state index contributed by atoms with van der Waals surface area (Å²) in [6.45, 7) is 0.873. The Kier molecular flexibility index (Phi) is 2.63. The van der Waals surface area contributed by atoms with Crippen LogP contribution in [0.5, 0.6) is 0 Å². The van der Waals surface area contributed by atoms with E-state index in [1.807, 2.05) is 18.2 Å². The van der Waals surface area contributed by atoms with Crippen LogP contribution in [0.3, 0.4) is 0 Å². The third-order valence-corrected chi connectivity index (χ3v) is 3.16. The Morgan fingerprint density at radius 1 is 0.944 bits per heavy atom. The topological polar surface area (TPSA) is 4.93 Å². The molecule has 0 saturated heterocycles. The Morgan fingerprint density at radius 3 is 2.56 bits per heavy atom. The maximum absolute atomic E-state index is 5.52. The maximum atomic E-state index is 5.52. The molecule has 0 spiro atoms. The Morgan fingerprint density at radius 2 is 1.78 bits per heavy atom. The van der Waals surface area contributed by atoms with Gasteiger partial charge in [-0.2, -0.15) is 0 Å². The second-order valence-corrected chi connectivity index (χ2v) is 4.31. The summed E-state index contributed by atoms with van der Waals surface area (Å²) in [7, 11) is 0. The van der Waals surface area contributed by atoms with Gasteiger partial charge in [-0.1, -0.05) is 42.3 Å². The average molecular weight is 231 g/mol. The molecule has 0 bridgehead atoms. The highest BCUT2D eigenvalue weighted by Crippen LogP contribution is 2.20. The summed E-state index contributed by atoms with van der Waals surface area (Å²) in [4.78, 5) is 0. The van der Waals surface area contributed by atoms with Crippen molar-refractivity contribution in [2.24, 2.45) is 0 Å². The van der Waals surface area contributed by atoms with E-state index in [4.69, 9.17) is 6.42 Å². The molecule has 18 heavy (non-hydrogen) atoms. The Balaban J connectivity index is 2.07. The molecule has 2 aromatic carbocycles. The quantitative estimate of drug-likeness (QED) is 0.593. The van der Waals surface area contributed by atoms with E-state index in [9.17, 15) is 0 Å². The molecule has 86 valence electrons. The standard InChI is InChI=1S/C17H13N/c1-2-15-9-6-10-17-16(15)11-12-18(17)13-14-7-4-3-5-8-14/h1,3-12H,13H2. The van der Waals surface area contributed by atoms with Gasteiger partial charge in [0.05, 0.1) is 0 Å². The van der Waals surface area contributed by atoms with Crippen LogP contribution in [0.2, 0.25) is 0 Å². The van der Waals surface area contributed by atoms with Gasteiger partial charge in [-0.3, -0.25) is 0 Å². The van der Waals surface area contributed by atoms with E-state index in [1.54, 1.807) is 0 Å². The van der Waals surface area contributed by atoms with Gasteiger partial charge in [0, 0.05) is 29.2 Å². The maximum Gasteiger partial charge on any atom is 0.0496 e. The van der Waals surface area contributed by atoms with Crippen LogP contribution in [0.1, 0.15) is 11.1 Å². The van der Waals surface area contributed by atoms with Crippen molar-refractivity contribution in [2.45, 2.75) is 6.54 Å². The zero-order valence-corrected chi connectivity index (χ0v) is 10.0. The smallest absolute Gasteiger partial charge is 0.0496 e. The lowest BCUT2D eigenvalue weighted by molar-refractivity contribution is 0.837. The number of hydrogen-bond acceptors (Lipinski definition) is 0. The van der Waals surface area contributed by atoms with Crippen LogP contribution in [-0.4, -0.2) is 4.57 Å². The third-order valence-electron chi connectivity index (χ3n) is 3.16. The van der Waals surface area contributed by atoms with E-state index in [0.29, 0.717) is 0 Å². The Bertz CT molecular complexity index is 714. The van der Waals surface area contributed by atoms with Crippen LogP contribution in [0.4, 0.5) is 0 Å². The molecule has 0 N–H and O–H groups in total. The lowest BCUT2D eigenvalue weighted by Crippen LogP contribution is -1.97. The molecule has 0 saturated carbocycles. The predicted molar refractivity (Wildman–Crippen MR) is 75.4 cm³/mol. The van der Waals surface area contributed by atoms with E-state index in [-0.39, 0.29) is 0 Å². The van der Waals surface area contributed by atoms with Crippen LogP contribution in [0, 0.1) is 12.3 Å². The monoisotopic (exact) mass is 231 g/mol. The molecule has 0 aliphatic rings. The zero-order chi connectivity index (χ0) is 12.4. The summed E-state index contributed by atoms with van der Waals surface area (Å²) < 4.78 is 2.23. The number of aromatic nitrogens is 1. The van der Waals surface area contributed by atoms with E-state index in [2.05, 4.69) is 53.1 Å². The summed E-state index contributed by atoms with van der Waals surface area (Å²) in [5.41, 5.74) is 3.44. The van der Waals surface area contributed by atoms with Gasteiger partial charge in [0.15, 0.2) is 0 Å². The molecule has 1 heteroatoms. The number of rotatable bonds is 2. The summed E-state index contributed by atoms with van der Waals surface area (Å²) >= 11 is 0. The zero-order valence-electron chi connectivity index (χ0n) is 10.0. The molecule has 0 aliphatic carbocycles. The van der Waals surface area contributed by atoms with Crippen molar-refractivity contribution in [1.29, 1.82) is 0 Å². The van der Waals surface area contributed by atoms with Crippen molar-refractivity contribution >= 4 is 10.9 Å². The minimum absolute atomic E-state index is 0.873. The number of fused-ring (bicyclic) bond motifs is 1. The van der Waals surface area contributed by atoms with Gasteiger partial charge in [0.2, 0.25) is 0 Å². The van der Waals surface area contributed by atoms with Gasteiger partial charge in [0.1, 0.15) is 0 Å². The highest BCUT2D eigenvalue weighted by Gasteiger charge is 2.04. The van der Waals surface area contributed by atoms with Gasteiger partial charge in [-0.05, 0) is 23.8 Å². The first-order valence-corrected chi connectivity index (χ1v) is 5.97. The van der Waals surface area contributed by atoms with Crippen molar-refractivity contribution in [3.63, 3.8) is 0 Å². The summed E-state index contributed by atoms with van der Waals surface area (Å²) in [5, 5.41) is 1.15. The average Bonchev–Trinajstić information content (AvgIpc) is 2.83. The highest BCUT2D eigenvalue weighted by atomic mass is 14.9. The predicted octanol–water partition coefficient (Wildman–Crippen LogP) is 3.67. The molecule has 0 fully saturated rings. The lowest BCUT2D eigenvalue weighted by atomic mass is 10.1. The molecule has 0 radical (unpaired) electrons. The number of benzene rings is 2. The minimum Gasteiger partial charge on any atom is -0.343 e. The van der Waals surface area contributed by atoms with E-state index in [1.165, 1.54) is 11.1 Å². The fourth-order valence-corrected chi connectivity index (χ4v) is 2.27. The first kappa shape index (κ1) is 10.7. The van der Waals surface area contributed by atoms with Crippen LogP contribution in [0.25, 0.3) is 10.9 Å². The van der Waals surface area contributed by atoms with Crippen molar-refractivity contribution < 1.29 is 0 Å². The Hall–Kier alpha value is -2.46. The van der Waals surface area contributed by atoms with E-state index < -0.39 is 0 Å². The van der Waals surface area contributed by atoms with Crippen LogP contribution in [0.15, 0.2) is 60.8 Å². The molecule has 1 heterocycles. The first-order chi connectivity index (χ1) is 8.88. The number of hydrogen-bond donors (Lipinski definition) is 0. The molecule has 0 aliphatic heterocycles. The molecule has 3 aromatic rings. The van der Waals surface area contributed by atoms with Gasteiger partial charge < -0.3 is 4.57 Å². The summed E-state index contributed by atoms with van der Waals surface area (Å²) in [6.07, 6.45) is 7.61. The Labute approximate surface area is 107 Å². The fraction of sp³-hybridized carbons (Fsp3) is 0.0588. The SMILES string of the molecule is C#Cc1cccc2c1ccn2Cc1ccccc1. The van der Waals surface area contributed by atoms with Crippen molar-refractivity contribution in [1.82, 2.24) is 4.57 Å². The largest absolute Gasteiger partial charge is 0.343 e. The van der Waals surface area contributed by atoms with Crippen molar-refractivity contribution in [3.05, 3.63) is 71.9 Å². The first-order valence-electron chi connectivity index (χ1n) is 5.97. The van der Waals surface area contributed by atoms with Gasteiger partial charge in [0.25, 0.3) is 0 Å². The van der Waals surface area contributed by atoms with Crippen molar-refractivity contribution in [3.8, 4) is 12.3 Å². The van der Waals surface area contributed by atoms with E-state index >= 15 is 0 Å². The third kappa shape index (κ3) is 1.78. The highest BCUT2D eigenvalue weighted by molar-refractivity contribution is 5.86. The van der Waals surface area contributed by atoms with Crippen molar-refractivity contribution in [2.75, 3.05) is 0 Å². The second kappa shape index (κ2) is 4.43. The molecule has 3 rings (SSSR count). The minimum atomic E-state index is 0.873. The molecule has 1 aromatic heterocycles. The van der Waals surface area contributed by atoms with Gasteiger partial charge >= 0.3 is 0 Å². The summed E-state index contributed by atoms with van der Waals surface area (Å²) in [5.74, 6) is 2.73. The lowest BCUT2D eigenvalue weighted by Gasteiger charge is -2.05.